The predicted molar refractivity (Wildman–Crippen MR) is 232 cm³/mol. The Morgan fingerprint density at radius 3 is 1.99 bits per heavy atom. The maximum absolute atomic E-state index is 15.4. The molecule has 7 fully saturated rings. The third-order valence-corrected chi connectivity index (χ3v) is 19.4. The molecule has 0 aromatic carbocycles. The normalized spacial score (nSPS) is 55.2. The molecule has 0 aromatic rings. The maximum Gasteiger partial charge on any atom is 0.315 e. The summed E-state index contributed by atoms with van der Waals surface area (Å²) in [5.74, 6) is -0.863. The highest BCUT2D eigenvalue weighted by Gasteiger charge is 2.71. The highest BCUT2D eigenvalue weighted by Crippen LogP contribution is 2.76. The quantitative estimate of drug-likeness (QED) is 0.0986. The van der Waals surface area contributed by atoms with Crippen LogP contribution < -0.4 is 0 Å². The molecule has 0 amide bonds. The lowest BCUT2D eigenvalue weighted by Gasteiger charge is -2.71. The fourth-order valence-electron chi connectivity index (χ4n) is 14.9. The summed E-state index contributed by atoms with van der Waals surface area (Å²) in [6.07, 6.45) is -19.0. The van der Waals surface area contributed by atoms with Gasteiger partial charge in [0.2, 0.25) is 6.29 Å². The highest BCUT2D eigenvalue weighted by molar-refractivity contribution is 5.79. The van der Waals surface area contributed by atoms with Crippen molar-refractivity contribution in [2.45, 2.75) is 211 Å². The largest absolute Gasteiger partial charge is 0.432 e. The van der Waals surface area contributed by atoms with Gasteiger partial charge in [-0.3, -0.25) is 4.79 Å². The topological polar surface area (TPSA) is 315 Å². The van der Waals surface area contributed by atoms with Gasteiger partial charge >= 0.3 is 5.97 Å². The van der Waals surface area contributed by atoms with Gasteiger partial charge in [0.1, 0.15) is 61.0 Å². The van der Waals surface area contributed by atoms with Crippen LogP contribution in [0.2, 0.25) is 0 Å². The predicted octanol–water partition coefficient (Wildman–Crippen LogP) is -0.889. The third-order valence-electron chi connectivity index (χ3n) is 19.4. The Balaban J connectivity index is 1.10. The molecule has 0 spiro atoms. The molecule has 12 N–H and O–H groups in total. The smallest absolute Gasteiger partial charge is 0.315 e. The van der Waals surface area contributed by atoms with Gasteiger partial charge in [-0.25, -0.2) is 0 Å². The first-order valence-corrected chi connectivity index (χ1v) is 24.4. The molecule has 67 heavy (non-hydrogen) atoms. The van der Waals surface area contributed by atoms with Crippen LogP contribution in [-0.4, -0.2) is 191 Å². The minimum atomic E-state index is -1.92. The summed E-state index contributed by atoms with van der Waals surface area (Å²) >= 11 is 0. The van der Waals surface area contributed by atoms with Crippen molar-refractivity contribution in [3.63, 3.8) is 0 Å². The van der Waals surface area contributed by atoms with Crippen molar-refractivity contribution >= 4 is 5.97 Å². The minimum absolute atomic E-state index is 0.0334. The molecule has 25 unspecified atom stereocenters. The molecule has 19 heteroatoms. The van der Waals surface area contributed by atoms with Gasteiger partial charge in [-0.1, -0.05) is 53.2 Å². The summed E-state index contributed by atoms with van der Waals surface area (Å²) in [5.41, 5.74) is -2.04. The van der Waals surface area contributed by atoms with Crippen LogP contribution in [0.15, 0.2) is 11.6 Å². The van der Waals surface area contributed by atoms with Crippen LogP contribution in [-0.2, 0) is 33.2 Å². The number of carbonyl (C=O) groups is 1. The Bertz CT molecular complexity index is 1830. The van der Waals surface area contributed by atoms with Gasteiger partial charge in [0.05, 0.1) is 43.5 Å². The van der Waals surface area contributed by atoms with E-state index in [0.717, 1.165) is 12.8 Å². The van der Waals surface area contributed by atoms with E-state index < -0.39 is 140 Å². The zero-order chi connectivity index (χ0) is 49.1. The van der Waals surface area contributed by atoms with Crippen molar-refractivity contribution in [3.8, 4) is 0 Å². The number of carbonyl (C=O) groups excluding carboxylic acids is 1. The Labute approximate surface area is 392 Å². The summed E-state index contributed by atoms with van der Waals surface area (Å²) < 4.78 is 35.5. The third kappa shape index (κ3) is 8.10. The molecule has 4 saturated carbocycles. The Kier molecular flexibility index (Phi) is 14.1. The number of rotatable bonds is 9. The molecule has 0 aromatic heterocycles. The lowest BCUT2D eigenvalue weighted by atomic mass is 9.33. The van der Waals surface area contributed by atoms with E-state index in [1.807, 2.05) is 6.92 Å². The van der Waals surface area contributed by atoms with Crippen LogP contribution in [0.1, 0.15) is 106 Å². The Hall–Kier alpha value is -1.47. The minimum Gasteiger partial charge on any atom is -0.432 e. The first-order valence-electron chi connectivity index (χ1n) is 24.4. The number of fused-ring (bicyclic) bond motifs is 7. The molecule has 0 bridgehead atoms. The number of allylic oxidation sites excluding steroid dienone is 2. The van der Waals surface area contributed by atoms with E-state index in [4.69, 9.17) is 28.4 Å². The van der Waals surface area contributed by atoms with Crippen molar-refractivity contribution in [3.05, 3.63) is 11.6 Å². The van der Waals surface area contributed by atoms with Gasteiger partial charge in [-0.2, -0.15) is 0 Å². The number of hydrogen-bond acceptors (Lipinski definition) is 19. The van der Waals surface area contributed by atoms with Crippen molar-refractivity contribution in [1.82, 2.24) is 0 Å². The van der Waals surface area contributed by atoms with E-state index in [2.05, 4.69) is 40.7 Å². The standard InChI is InChI=1S/C48H78O19/c1-21-29(52)32(55)36(59)40(63-21)66-37-34(57)31(54)26(19-62-39-35(58)33(56)30(53)25(18-49)64-39)65-41(37)67-42(61)48-14-12-43(2,3)16-23(48)22-8-9-28-44(4)17-24(51)38(60)45(5,20-50)27(44)10-11-47(28,7)46(22,6)13-15-48/h8,21,23-41,49-60H,9-20H2,1-7H3. The second-order valence-electron chi connectivity index (χ2n) is 23.5. The SMILES string of the molecule is CC1OC(OC2C(OC(=O)C34CCC(C)(C)CC3C3=CCC5C6(C)CC(O)C(O)C(C)(CO)C6CCC5(C)C3(C)CC4)OC(COC3OC(CO)C(O)C(O)C3O)C(O)C2O)C(O)C(O)C1O. The fraction of sp³-hybridized carbons (Fsp3) is 0.938. The van der Waals surface area contributed by atoms with Gasteiger partial charge < -0.3 is 89.7 Å². The van der Waals surface area contributed by atoms with Gasteiger partial charge in [0, 0.05) is 5.41 Å². The second kappa shape index (κ2) is 18.2. The lowest BCUT2D eigenvalue weighted by molar-refractivity contribution is -0.366. The van der Waals surface area contributed by atoms with E-state index in [0.29, 0.717) is 44.9 Å². The van der Waals surface area contributed by atoms with Gasteiger partial charge in [0.15, 0.2) is 18.7 Å². The number of ether oxygens (including phenoxy) is 6. The van der Waals surface area contributed by atoms with Crippen molar-refractivity contribution < 1.29 is 94.5 Å². The van der Waals surface area contributed by atoms with E-state index in [1.165, 1.54) is 12.5 Å². The second-order valence-corrected chi connectivity index (χ2v) is 23.5. The van der Waals surface area contributed by atoms with Gasteiger partial charge in [-0.05, 0) is 104 Å². The lowest BCUT2D eigenvalue weighted by Crippen LogP contribution is -2.68. The number of aliphatic hydroxyl groups excluding tert-OH is 12. The first kappa shape index (κ1) is 51.9. The zero-order valence-electron chi connectivity index (χ0n) is 39.8. The van der Waals surface area contributed by atoms with E-state index in [-0.39, 0.29) is 40.6 Å². The van der Waals surface area contributed by atoms with Crippen LogP contribution in [0.25, 0.3) is 0 Å². The molecule has 19 nitrogen and oxygen atoms in total. The Morgan fingerprint density at radius 1 is 0.687 bits per heavy atom. The number of esters is 1. The molecule has 3 aliphatic heterocycles. The van der Waals surface area contributed by atoms with E-state index in [1.54, 1.807) is 0 Å². The molecule has 8 rings (SSSR count). The van der Waals surface area contributed by atoms with Gasteiger partial charge in [0.25, 0.3) is 0 Å². The molecule has 5 aliphatic carbocycles. The molecule has 0 radical (unpaired) electrons. The molecular formula is C48H78O19. The van der Waals surface area contributed by atoms with Crippen LogP contribution in [0.5, 0.6) is 0 Å². The van der Waals surface area contributed by atoms with E-state index in [9.17, 15) is 61.3 Å². The van der Waals surface area contributed by atoms with Crippen LogP contribution in [0.4, 0.5) is 0 Å². The molecule has 384 valence electrons. The van der Waals surface area contributed by atoms with Crippen molar-refractivity contribution in [2.75, 3.05) is 19.8 Å². The van der Waals surface area contributed by atoms with Gasteiger partial charge in [-0.15, -0.1) is 0 Å². The molecule has 8 aliphatic rings. The summed E-state index contributed by atoms with van der Waals surface area (Å²) in [7, 11) is 0. The van der Waals surface area contributed by atoms with Crippen LogP contribution in [0.3, 0.4) is 0 Å². The zero-order valence-corrected chi connectivity index (χ0v) is 39.8. The highest BCUT2D eigenvalue weighted by atomic mass is 16.8. The average molecular weight is 959 g/mol. The molecule has 25 atom stereocenters. The first-order chi connectivity index (χ1) is 31.2. The maximum atomic E-state index is 15.4. The van der Waals surface area contributed by atoms with Crippen LogP contribution in [0, 0.1) is 50.2 Å². The van der Waals surface area contributed by atoms with E-state index >= 15 is 4.79 Å². The summed E-state index contributed by atoms with van der Waals surface area (Å²) in [4.78, 5) is 15.4. The molecule has 3 saturated heterocycles. The van der Waals surface area contributed by atoms with Crippen molar-refractivity contribution in [1.29, 1.82) is 0 Å². The monoisotopic (exact) mass is 959 g/mol. The average Bonchev–Trinajstić information content (AvgIpc) is 3.28. The summed E-state index contributed by atoms with van der Waals surface area (Å²) in [6.45, 7) is 13.0. The Morgan fingerprint density at radius 2 is 1.31 bits per heavy atom. The summed E-state index contributed by atoms with van der Waals surface area (Å²) in [5, 5.41) is 129. The number of aliphatic hydroxyl groups is 12. The molecule has 3 heterocycles. The van der Waals surface area contributed by atoms with Crippen LogP contribution >= 0.6 is 0 Å². The summed E-state index contributed by atoms with van der Waals surface area (Å²) in [6, 6.07) is 0. The molecular weight excluding hydrogens is 881 g/mol. The van der Waals surface area contributed by atoms with Crippen molar-refractivity contribution in [2.24, 2.45) is 50.2 Å². The fourth-order valence-corrected chi connectivity index (χ4v) is 14.9. The number of hydrogen-bond donors (Lipinski definition) is 12.